The zero-order valence-electron chi connectivity index (χ0n) is 13.5. The number of thioether (sulfide) groups is 1. The van der Waals surface area contributed by atoms with Crippen LogP contribution in [0.15, 0.2) is 53.7 Å². The first-order valence-corrected chi connectivity index (χ1v) is 8.58. The van der Waals surface area contributed by atoms with Crippen LogP contribution in [-0.4, -0.2) is 26.8 Å². The van der Waals surface area contributed by atoms with Gasteiger partial charge in [0.25, 0.3) is 0 Å². The fraction of sp³-hybridized carbons (Fsp3) is 0.167. The summed E-state index contributed by atoms with van der Waals surface area (Å²) in [7, 11) is 0. The molecule has 5 nitrogen and oxygen atoms in total. The summed E-state index contributed by atoms with van der Waals surface area (Å²) in [5.41, 5.74) is 4.05. The molecule has 24 heavy (non-hydrogen) atoms. The number of anilines is 1. The highest BCUT2D eigenvalue weighted by Crippen LogP contribution is 2.22. The van der Waals surface area contributed by atoms with Gasteiger partial charge in [0, 0.05) is 11.3 Å². The van der Waals surface area contributed by atoms with E-state index in [-0.39, 0.29) is 11.7 Å². The maximum Gasteiger partial charge on any atom is 0.234 e. The molecule has 0 saturated carbocycles. The zero-order chi connectivity index (χ0) is 16.9. The van der Waals surface area contributed by atoms with E-state index in [1.807, 2.05) is 62.4 Å². The Morgan fingerprint density at radius 2 is 2.00 bits per heavy atom. The number of aryl methyl sites for hydroxylation is 2. The highest BCUT2D eigenvalue weighted by molar-refractivity contribution is 7.99. The molecule has 0 atom stereocenters. The molecule has 0 aliphatic rings. The molecule has 0 spiro atoms. The minimum atomic E-state index is -0.0761. The smallest absolute Gasteiger partial charge is 0.234 e. The van der Waals surface area contributed by atoms with Crippen molar-refractivity contribution in [2.45, 2.75) is 19.0 Å². The number of carbonyl (C=O) groups is 1. The third kappa shape index (κ3) is 4.02. The van der Waals surface area contributed by atoms with E-state index in [1.54, 1.807) is 0 Å². The largest absolute Gasteiger partial charge is 0.325 e. The lowest BCUT2D eigenvalue weighted by Gasteiger charge is -2.04. The van der Waals surface area contributed by atoms with Gasteiger partial charge >= 0.3 is 0 Å². The molecule has 1 aromatic heterocycles. The van der Waals surface area contributed by atoms with Crippen molar-refractivity contribution in [1.82, 2.24) is 15.2 Å². The lowest BCUT2D eigenvalue weighted by Crippen LogP contribution is -2.14. The first-order chi connectivity index (χ1) is 11.6. The van der Waals surface area contributed by atoms with Gasteiger partial charge in [-0.2, -0.15) is 0 Å². The lowest BCUT2D eigenvalue weighted by molar-refractivity contribution is -0.113. The van der Waals surface area contributed by atoms with Gasteiger partial charge in [-0.3, -0.25) is 9.89 Å². The first kappa shape index (κ1) is 16.3. The number of benzene rings is 2. The Labute approximate surface area is 144 Å². The molecule has 2 N–H and O–H groups in total. The second kappa shape index (κ2) is 7.31. The van der Waals surface area contributed by atoms with Crippen molar-refractivity contribution in [2.75, 3.05) is 11.1 Å². The van der Waals surface area contributed by atoms with E-state index in [0.29, 0.717) is 5.16 Å². The van der Waals surface area contributed by atoms with Crippen LogP contribution < -0.4 is 5.32 Å². The van der Waals surface area contributed by atoms with Crippen molar-refractivity contribution < 1.29 is 4.79 Å². The Bertz CT molecular complexity index is 859. The van der Waals surface area contributed by atoms with Gasteiger partial charge in [-0.15, -0.1) is 5.10 Å². The SMILES string of the molecule is Cc1cccc(NC(=O)CSc2n[nH]c(-c3ccccc3C)n2)c1. The number of amides is 1. The van der Waals surface area contributed by atoms with Crippen molar-refractivity contribution in [1.29, 1.82) is 0 Å². The molecule has 3 rings (SSSR count). The van der Waals surface area contributed by atoms with Gasteiger partial charge in [0.1, 0.15) is 0 Å². The highest BCUT2D eigenvalue weighted by Gasteiger charge is 2.10. The third-order valence-electron chi connectivity index (χ3n) is 3.50. The van der Waals surface area contributed by atoms with Gasteiger partial charge in [-0.1, -0.05) is 48.2 Å². The maximum absolute atomic E-state index is 12.0. The third-order valence-corrected chi connectivity index (χ3v) is 4.35. The molecule has 0 bridgehead atoms. The Balaban J connectivity index is 1.59. The topological polar surface area (TPSA) is 70.7 Å². The molecule has 6 heteroatoms. The van der Waals surface area contributed by atoms with E-state index >= 15 is 0 Å². The fourth-order valence-corrected chi connectivity index (χ4v) is 2.92. The predicted molar refractivity (Wildman–Crippen MR) is 97.1 cm³/mol. The van der Waals surface area contributed by atoms with Crippen molar-refractivity contribution in [3.63, 3.8) is 0 Å². The Morgan fingerprint density at radius 3 is 2.79 bits per heavy atom. The molecular weight excluding hydrogens is 320 g/mol. The second-order valence-corrected chi connectivity index (χ2v) is 6.43. The molecule has 1 amide bonds. The van der Waals surface area contributed by atoms with Crippen molar-refractivity contribution in [3.05, 3.63) is 59.7 Å². The van der Waals surface area contributed by atoms with Crippen LogP contribution in [0, 0.1) is 13.8 Å². The molecule has 1 heterocycles. The molecular formula is C18H18N4OS. The maximum atomic E-state index is 12.0. The molecule has 0 unspecified atom stereocenters. The summed E-state index contributed by atoms with van der Waals surface area (Å²) < 4.78 is 0. The minimum absolute atomic E-state index is 0.0761. The Kier molecular flexibility index (Phi) is 4.96. The molecule has 122 valence electrons. The number of rotatable bonds is 5. The van der Waals surface area contributed by atoms with E-state index in [4.69, 9.17) is 0 Å². The van der Waals surface area contributed by atoms with Crippen LogP contribution in [0.5, 0.6) is 0 Å². The predicted octanol–water partition coefficient (Wildman–Crippen LogP) is 3.82. The number of nitrogens with one attached hydrogen (secondary N) is 2. The van der Waals surface area contributed by atoms with Gasteiger partial charge in [0.2, 0.25) is 11.1 Å². The minimum Gasteiger partial charge on any atom is -0.325 e. The number of H-pyrrole nitrogens is 1. The number of carbonyl (C=O) groups excluding carboxylic acids is 1. The number of aromatic amines is 1. The number of hydrogen-bond acceptors (Lipinski definition) is 4. The molecule has 0 aliphatic carbocycles. The first-order valence-electron chi connectivity index (χ1n) is 7.59. The Hall–Kier alpha value is -2.60. The Morgan fingerprint density at radius 1 is 1.17 bits per heavy atom. The molecule has 0 radical (unpaired) electrons. The normalized spacial score (nSPS) is 10.6. The highest BCUT2D eigenvalue weighted by atomic mass is 32.2. The lowest BCUT2D eigenvalue weighted by atomic mass is 10.1. The van der Waals surface area contributed by atoms with E-state index in [9.17, 15) is 4.79 Å². The average molecular weight is 338 g/mol. The van der Waals surface area contributed by atoms with Crippen molar-refractivity contribution in [3.8, 4) is 11.4 Å². The summed E-state index contributed by atoms with van der Waals surface area (Å²) in [5.74, 6) is 0.904. The van der Waals surface area contributed by atoms with E-state index < -0.39 is 0 Å². The van der Waals surface area contributed by atoms with Crippen LogP contribution in [0.4, 0.5) is 5.69 Å². The van der Waals surface area contributed by atoms with Crippen LogP contribution in [0.3, 0.4) is 0 Å². The summed E-state index contributed by atoms with van der Waals surface area (Å²) >= 11 is 1.31. The van der Waals surface area contributed by atoms with Crippen LogP contribution in [-0.2, 0) is 4.79 Å². The standard InChI is InChI=1S/C18H18N4OS/c1-12-6-5-8-14(10-12)19-16(23)11-24-18-20-17(21-22-18)15-9-4-3-7-13(15)2/h3-10H,11H2,1-2H3,(H,19,23)(H,20,21,22). The molecule has 3 aromatic rings. The van der Waals surface area contributed by atoms with Crippen LogP contribution in [0.2, 0.25) is 0 Å². The molecule has 0 aliphatic heterocycles. The van der Waals surface area contributed by atoms with Gasteiger partial charge in [0.05, 0.1) is 5.75 Å². The monoisotopic (exact) mass is 338 g/mol. The molecule has 2 aromatic carbocycles. The average Bonchev–Trinajstić information content (AvgIpc) is 3.02. The van der Waals surface area contributed by atoms with Gasteiger partial charge in [-0.05, 0) is 37.1 Å². The van der Waals surface area contributed by atoms with E-state index in [1.165, 1.54) is 11.8 Å². The van der Waals surface area contributed by atoms with Crippen molar-refractivity contribution >= 4 is 23.4 Å². The van der Waals surface area contributed by atoms with Gasteiger partial charge in [0.15, 0.2) is 5.82 Å². The zero-order valence-corrected chi connectivity index (χ0v) is 14.4. The summed E-state index contributed by atoms with van der Waals surface area (Å²) in [6.07, 6.45) is 0. The van der Waals surface area contributed by atoms with E-state index in [2.05, 4.69) is 20.5 Å². The van der Waals surface area contributed by atoms with Crippen molar-refractivity contribution in [2.24, 2.45) is 0 Å². The van der Waals surface area contributed by atoms with Crippen LogP contribution in [0.25, 0.3) is 11.4 Å². The van der Waals surface area contributed by atoms with Crippen LogP contribution >= 0.6 is 11.8 Å². The summed E-state index contributed by atoms with van der Waals surface area (Å²) in [4.78, 5) is 16.5. The molecule has 0 saturated heterocycles. The summed E-state index contributed by atoms with van der Waals surface area (Å²) in [6.45, 7) is 4.02. The summed E-state index contributed by atoms with van der Waals surface area (Å²) in [6, 6.07) is 15.7. The van der Waals surface area contributed by atoms with Gasteiger partial charge < -0.3 is 5.32 Å². The second-order valence-electron chi connectivity index (χ2n) is 5.49. The fourth-order valence-electron chi connectivity index (χ4n) is 2.32. The number of hydrogen-bond donors (Lipinski definition) is 2. The van der Waals surface area contributed by atoms with E-state index in [0.717, 1.165) is 28.2 Å². The number of aromatic nitrogens is 3. The summed E-state index contributed by atoms with van der Waals surface area (Å²) in [5, 5.41) is 10.5. The molecule has 0 fully saturated rings. The quantitative estimate of drug-likeness (QED) is 0.694. The number of nitrogens with zero attached hydrogens (tertiary/aromatic N) is 2. The van der Waals surface area contributed by atoms with Crippen LogP contribution in [0.1, 0.15) is 11.1 Å². The van der Waals surface area contributed by atoms with Gasteiger partial charge in [-0.25, -0.2) is 4.98 Å².